The van der Waals surface area contributed by atoms with Crippen molar-refractivity contribution in [3.63, 3.8) is 0 Å². The molecule has 1 aliphatic heterocycles. The number of hydrogen-bond acceptors (Lipinski definition) is 5. The van der Waals surface area contributed by atoms with Crippen molar-refractivity contribution >= 4 is 17.0 Å². The Morgan fingerprint density at radius 2 is 1.88 bits per heavy atom. The molecule has 0 saturated carbocycles. The molecule has 1 aliphatic rings. The Hall–Kier alpha value is -2.44. The summed E-state index contributed by atoms with van der Waals surface area (Å²) in [6.45, 7) is 7.21. The molecule has 0 spiro atoms. The van der Waals surface area contributed by atoms with E-state index in [9.17, 15) is 0 Å². The van der Waals surface area contributed by atoms with Crippen LogP contribution in [0.3, 0.4) is 0 Å². The number of aryl methyl sites for hydroxylation is 2. The highest BCUT2D eigenvalue weighted by molar-refractivity contribution is 5.76. The molecule has 0 bridgehead atoms. The molecule has 4 rings (SSSR count). The predicted octanol–water partition coefficient (Wildman–Crippen LogP) is 3.01. The van der Waals surface area contributed by atoms with Crippen LogP contribution in [0.25, 0.3) is 5.52 Å². The van der Waals surface area contributed by atoms with Crippen LogP contribution in [0.4, 0.5) is 11.5 Å². The number of piperidine rings is 1. The van der Waals surface area contributed by atoms with Crippen LogP contribution < -0.4 is 11.1 Å². The van der Waals surface area contributed by atoms with E-state index in [1.54, 1.807) is 6.33 Å². The Morgan fingerprint density at radius 1 is 1.15 bits per heavy atom. The lowest BCUT2D eigenvalue weighted by Gasteiger charge is -2.29. The number of nitrogens with zero attached hydrogens (tertiary/aromatic N) is 4. The smallest absolute Gasteiger partial charge is 0.158 e. The summed E-state index contributed by atoms with van der Waals surface area (Å²) in [6, 6.07) is 8.94. The van der Waals surface area contributed by atoms with Gasteiger partial charge in [0.1, 0.15) is 11.8 Å². The molecule has 136 valence electrons. The van der Waals surface area contributed by atoms with Crippen molar-refractivity contribution in [2.45, 2.75) is 39.3 Å². The first kappa shape index (κ1) is 17.0. The van der Waals surface area contributed by atoms with Crippen molar-refractivity contribution in [2.75, 3.05) is 18.4 Å². The fraction of sp³-hybridized carbons (Fsp3) is 0.400. The van der Waals surface area contributed by atoms with Crippen LogP contribution in [-0.4, -0.2) is 38.6 Å². The van der Waals surface area contributed by atoms with Gasteiger partial charge in [-0.1, -0.05) is 6.07 Å². The molecule has 1 aromatic carbocycles. The van der Waals surface area contributed by atoms with Gasteiger partial charge in [-0.2, -0.15) is 5.10 Å². The number of aromatic nitrogens is 3. The van der Waals surface area contributed by atoms with Crippen molar-refractivity contribution in [2.24, 2.45) is 5.73 Å². The number of nitrogens with two attached hydrogens (primary N) is 1. The molecule has 3 aromatic rings. The standard InChI is InChI=1S/C20H26N6/c1-14-9-15(2)11-18(10-14)24-20-19-16(3-8-26(19)23-13-22-20)12-25-6-4-17(21)5-7-25/h3,8-11,13,17H,4-7,12,21H2,1-2H3,(H,22,23,24). The van der Waals surface area contributed by atoms with E-state index in [1.165, 1.54) is 16.7 Å². The molecule has 2 aromatic heterocycles. The third-order valence-electron chi connectivity index (χ3n) is 5.05. The van der Waals surface area contributed by atoms with Crippen LogP contribution >= 0.6 is 0 Å². The van der Waals surface area contributed by atoms with Gasteiger partial charge < -0.3 is 11.1 Å². The maximum Gasteiger partial charge on any atom is 0.158 e. The molecule has 0 aliphatic carbocycles. The molecule has 1 fully saturated rings. The van der Waals surface area contributed by atoms with E-state index in [2.05, 4.69) is 58.4 Å². The topological polar surface area (TPSA) is 71.5 Å². The number of rotatable bonds is 4. The third-order valence-corrected chi connectivity index (χ3v) is 5.05. The molecule has 0 radical (unpaired) electrons. The van der Waals surface area contributed by atoms with Crippen LogP contribution in [0, 0.1) is 13.8 Å². The van der Waals surface area contributed by atoms with Gasteiger partial charge in [0.05, 0.1) is 0 Å². The lowest BCUT2D eigenvalue weighted by molar-refractivity contribution is 0.206. The van der Waals surface area contributed by atoms with Crippen LogP contribution in [0.2, 0.25) is 0 Å². The van der Waals surface area contributed by atoms with Crippen molar-refractivity contribution < 1.29 is 0 Å². The molecule has 0 atom stereocenters. The second-order valence-electron chi connectivity index (χ2n) is 7.36. The van der Waals surface area contributed by atoms with Crippen LogP contribution in [0.15, 0.2) is 36.8 Å². The molecule has 1 saturated heterocycles. The molecule has 3 N–H and O–H groups in total. The van der Waals surface area contributed by atoms with Crippen molar-refractivity contribution in [1.82, 2.24) is 19.5 Å². The minimum atomic E-state index is 0.349. The highest BCUT2D eigenvalue weighted by Crippen LogP contribution is 2.25. The van der Waals surface area contributed by atoms with E-state index < -0.39 is 0 Å². The molecule has 6 nitrogen and oxygen atoms in total. The van der Waals surface area contributed by atoms with Gasteiger partial charge in [0.2, 0.25) is 0 Å². The number of likely N-dealkylation sites (tertiary alicyclic amines) is 1. The highest BCUT2D eigenvalue weighted by Gasteiger charge is 2.18. The van der Waals surface area contributed by atoms with Gasteiger partial charge in [-0.05, 0) is 74.7 Å². The van der Waals surface area contributed by atoms with Crippen molar-refractivity contribution in [3.05, 3.63) is 53.5 Å². The van der Waals surface area contributed by atoms with Gasteiger partial charge in [-0.25, -0.2) is 9.50 Å². The zero-order chi connectivity index (χ0) is 18.1. The zero-order valence-corrected chi connectivity index (χ0v) is 15.4. The third kappa shape index (κ3) is 3.57. The number of fused-ring (bicyclic) bond motifs is 1. The van der Waals surface area contributed by atoms with E-state index >= 15 is 0 Å². The first-order valence-electron chi connectivity index (χ1n) is 9.23. The first-order valence-corrected chi connectivity index (χ1v) is 9.23. The first-order chi connectivity index (χ1) is 12.6. The van der Waals surface area contributed by atoms with E-state index in [0.29, 0.717) is 6.04 Å². The Balaban J connectivity index is 1.63. The van der Waals surface area contributed by atoms with E-state index in [-0.39, 0.29) is 0 Å². The normalized spacial score (nSPS) is 16.3. The highest BCUT2D eigenvalue weighted by atomic mass is 15.3. The van der Waals surface area contributed by atoms with Crippen molar-refractivity contribution in [1.29, 1.82) is 0 Å². The molecular weight excluding hydrogens is 324 g/mol. The summed E-state index contributed by atoms with van der Waals surface area (Å²) in [7, 11) is 0. The minimum absolute atomic E-state index is 0.349. The summed E-state index contributed by atoms with van der Waals surface area (Å²) in [6.07, 6.45) is 5.74. The second kappa shape index (κ2) is 7.05. The van der Waals surface area contributed by atoms with Crippen LogP contribution in [-0.2, 0) is 6.54 Å². The predicted molar refractivity (Wildman–Crippen MR) is 105 cm³/mol. The average Bonchev–Trinajstić information content (AvgIpc) is 3.00. The molecule has 26 heavy (non-hydrogen) atoms. The summed E-state index contributed by atoms with van der Waals surface area (Å²) in [4.78, 5) is 6.98. The average molecular weight is 350 g/mol. The Labute approximate surface area is 154 Å². The van der Waals surface area contributed by atoms with Gasteiger partial charge in [-0.3, -0.25) is 4.90 Å². The largest absolute Gasteiger partial charge is 0.338 e. The number of hydrogen-bond donors (Lipinski definition) is 2. The van der Waals surface area contributed by atoms with Gasteiger partial charge in [0, 0.05) is 24.5 Å². The Bertz CT molecular complexity index is 888. The molecule has 6 heteroatoms. The monoisotopic (exact) mass is 350 g/mol. The summed E-state index contributed by atoms with van der Waals surface area (Å²) in [5, 5.41) is 7.86. The quantitative estimate of drug-likeness (QED) is 0.757. The summed E-state index contributed by atoms with van der Waals surface area (Å²) in [5.74, 6) is 0.846. The number of nitrogens with one attached hydrogen (secondary N) is 1. The van der Waals surface area contributed by atoms with E-state index in [4.69, 9.17) is 5.73 Å². The fourth-order valence-electron chi connectivity index (χ4n) is 3.77. The zero-order valence-electron chi connectivity index (χ0n) is 15.4. The van der Waals surface area contributed by atoms with Crippen LogP contribution in [0.1, 0.15) is 29.5 Å². The SMILES string of the molecule is Cc1cc(C)cc(Nc2ncnn3ccc(CN4CCC(N)CC4)c23)c1. The lowest BCUT2D eigenvalue weighted by atomic mass is 10.1. The Morgan fingerprint density at radius 3 is 2.62 bits per heavy atom. The summed E-state index contributed by atoms with van der Waals surface area (Å²) >= 11 is 0. The summed E-state index contributed by atoms with van der Waals surface area (Å²) in [5.41, 5.74) is 11.8. The Kier molecular flexibility index (Phi) is 4.61. The lowest BCUT2D eigenvalue weighted by Crippen LogP contribution is -2.39. The van der Waals surface area contributed by atoms with Crippen LogP contribution in [0.5, 0.6) is 0 Å². The van der Waals surface area contributed by atoms with Crippen molar-refractivity contribution in [3.8, 4) is 0 Å². The molecular formula is C20H26N6. The minimum Gasteiger partial charge on any atom is -0.338 e. The number of anilines is 2. The maximum absolute atomic E-state index is 6.03. The van der Waals surface area contributed by atoms with Gasteiger partial charge >= 0.3 is 0 Å². The molecule has 0 unspecified atom stereocenters. The van der Waals surface area contributed by atoms with E-state index in [1.807, 2.05) is 10.7 Å². The van der Waals surface area contributed by atoms with E-state index in [0.717, 1.165) is 49.5 Å². The fourth-order valence-corrected chi connectivity index (χ4v) is 3.77. The molecule has 0 amide bonds. The molecule has 3 heterocycles. The summed E-state index contributed by atoms with van der Waals surface area (Å²) < 4.78 is 1.91. The van der Waals surface area contributed by atoms with Gasteiger partial charge in [0.25, 0.3) is 0 Å². The maximum atomic E-state index is 6.03. The number of benzene rings is 1. The van der Waals surface area contributed by atoms with Gasteiger partial charge in [-0.15, -0.1) is 0 Å². The van der Waals surface area contributed by atoms with Gasteiger partial charge in [0.15, 0.2) is 5.82 Å². The second-order valence-corrected chi connectivity index (χ2v) is 7.36.